The van der Waals surface area contributed by atoms with Gasteiger partial charge in [-0.25, -0.2) is 8.42 Å². The molecule has 1 amide bonds. The summed E-state index contributed by atoms with van der Waals surface area (Å²) in [6, 6.07) is 12.5. The van der Waals surface area contributed by atoms with E-state index < -0.39 is 9.84 Å². The van der Waals surface area contributed by atoms with Crippen LogP contribution in [0.2, 0.25) is 5.02 Å². The number of hydrogen-bond donors (Lipinski definition) is 1. The lowest BCUT2D eigenvalue weighted by atomic mass is 10.0. The van der Waals surface area contributed by atoms with Crippen molar-refractivity contribution in [1.82, 2.24) is 15.1 Å². The highest BCUT2D eigenvalue weighted by Gasteiger charge is 2.40. The average Bonchev–Trinajstić information content (AvgIpc) is 3.53. The number of carbonyl (C=O) groups is 1. The monoisotopic (exact) mass is 556 g/mol. The van der Waals surface area contributed by atoms with Gasteiger partial charge in [-0.3, -0.25) is 9.69 Å². The Bertz CT molecular complexity index is 1340. The predicted octanol–water partition coefficient (Wildman–Crippen LogP) is 3.19. The number of likely N-dealkylation sites (tertiary alicyclic amines) is 1. The summed E-state index contributed by atoms with van der Waals surface area (Å²) in [5, 5.41) is 13.6. The molecular weight excluding hydrogens is 524 g/mol. The van der Waals surface area contributed by atoms with Crippen molar-refractivity contribution in [3.8, 4) is 11.8 Å². The molecule has 0 radical (unpaired) electrons. The summed E-state index contributed by atoms with van der Waals surface area (Å²) >= 11 is 6.37. The summed E-state index contributed by atoms with van der Waals surface area (Å²) in [7, 11) is -3.50. The van der Waals surface area contributed by atoms with E-state index >= 15 is 0 Å². The molecule has 2 aliphatic heterocycles. The first-order valence-electron chi connectivity index (χ1n) is 13.2. The maximum absolute atomic E-state index is 13.1. The summed E-state index contributed by atoms with van der Waals surface area (Å²) in [4.78, 5) is 16.4. The lowest BCUT2D eigenvalue weighted by Gasteiger charge is -2.36. The van der Waals surface area contributed by atoms with Crippen LogP contribution in [0, 0.1) is 17.2 Å². The second kappa shape index (κ2) is 11.2. The van der Waals surface area contributed by atoms with Gasteiger partial charge in [-0.05, 0) is 66.3 Å². The molecule has 3 aliphatic rings. The Kier molecular flexibility index (Phi) is 7.96. The fourth-order valence-electron chi connectivity index (χ4n) is 5.94. The summed E-state index contributed by atoms with van der Waals surface area (Å²) in [5.41, 5.74) is 2.46. The van der Waals surface area contributed by atoms with Crippen LogP contribution >= 0.6 is 11.6 Å². The first-order chi connectivity index (χ1) is 18.3. The van der Waals surface area contributed by atoms with Crippen molar-refractivity contribution in [1.29, 1.82) is 5.26 Å². The SMILES string of the molecule is CCC(=O)N1CC[C@H](CS(=O)(=O)c2ccc(O[C@H]3c4cc(Cl)cc(C#N)c4C[C@@H]3N3CCNCC3)cc2)C1. The molecule has 0 aromatic heterocycles. The van der Waals surface area contributed by atoms with E-state index in [0.717, 1.165) is 37.3 Å². The number of nitriles is 1. The number of ether oxygens (including phenoxy) is 1. The van der Waals surface area contributed by atoms with Crippen LogP contribution in [-0.4, -0.2) is 75.2 Å². The van der Waals surface area contributed by atoms with Crippen LogP contribution in [0.4, 0.5) is 0 Å². The molecule has 0 unspecified atom stereocenters. The smallest absolute Gasteiger partial charge is 0.222 e. The molecular formula is C28H33ClN4O4S. The second-order valence-corrected chi connectivity index (χ2v) is 12.8. The van der Waals surface area contributed by atoms with Gasteiger partial charge in [0.15, 0.2) is 9.84 Å². The first kappa shape index (κ1) is 26.9. The van der Waals surface area contributed by atoms with Gasteiger partial charge >= 0.3 is 0 Å². The highest BCUT2D eigenvalue weighted by Crippen LogP contribution is 2.41. The summed E-state index contributed by atoms with van der Waals surface area (Å²) in [5.74, 6) is 0.612. The Hall–Kier alpha value is -2.64. The highest BCUT2D eigenvalue weighted by atomic mass is 35.5. The highest BCUT2D eigenvalue weighted by molar-refractivity contribution is 7.91. The molecule has 2 saturated heterocycles. The van der Waals surface area contributed by atoms with E-state index in [1.54, 1.807) is 35.2 Å². The normalized spacial score (nSPS) is 23.7. The van der Waals surface area contributed by atoms with Gasteiger partial charge in [-0.15, -0.1) is 0 Å². The quantitative estimate of drug-likeness (QED) is 0.558. The molecule has 2 aromatic rings. The Morgan fingerprint density at radius 2 is 1.92 bits per heavy atom. The average molecular weight is 557 g/mol. The lowest BCUT2D eigenvalue weighted by molar-refractivity contribution is -0.129. The van der Waals surface area contributed by atoms with Gasteiger partial charge in [0.05, 0.1) is 28.3 Å². The van der Waals surface area contributed by atoms with Crippen molar-refractivity contribution < 1.29 is 17.9 Å². The van der Waals surface area contributed by atoms with Gasteiger partial charge in [-0.2, -0.15) is 5.26 Å². The number of hydrogen-bond acceptors (Lipinski definition) is 7. The molecule has 2 fully saturated rings. The fourth-order valence-corrected chi connectivity index (χ4v) is 7.80. The molecule has 10 heteroatoms. The van der Waals surface area contributed by atoms with Gasteiger partial charge in [0.25, 0.3) is 0 Å². The molecule has 2 heterocycles. The van der Waals surface area contributed by atoms with Crippen LogP contribution in [-0.2, 0) is 21.1 Å². The number of halogens is 1. The maximum Gasteiger partial charge on any atom is 0.222 e. The van der Waals surface area contributed by atoms with Crippen molar-refractivity contribution >= 4 is 27.3 Å². The van der Waals surface area contributed by atoms with E-state index in [9.17, 15) is 18.5 Å². The fraction of sp³-hybridized carbons (Fsp3) is 0.500. The number of rotatable bonds is 7. The van der Waals surface area contributed by atoms with Crippen LogP contribution in [0.3, 0.4) is 0 Å². The van der Waals surface area contributed by atoms with E-state index in [2.05, 4.69) is 16.3 Å². The van der Waals surface area contributed by atoms with Crippen LogP contribution in [0.25, 0.3) is 0 Å². The van der Waals surface area contributed by atoms with Crippen molar-refractivity contribution in [3.05, 3.63) is 58.1 Å². The molecule has 3 atom stereocenters. The minimum Gasteiger partial charge on any atom is -0.484 e. The van der Waals surface area contributed by atoms with Crippen molar-refractivity contribution in [2.45, 2.75) is 43.2 Å². The largest absolute Gasteiger partial charge is 0.484 e. The number of nitrogens with zero attached hydrogens (tertiary/aromatic N) is 3. The zero-order valence-electron chi connectivity index (χ0n) is 21.5. The van der Waals surface area contributed by atoms with Crippen molar-refractivity contribution in [3.63, 3.8) is 0 Å². The zero-order chi connectivity index (χ0) is 26.9. The molecule has 0 bridgehead atoms. The third-order valence-corrected chi connectivity index (χ3v) is 10.0. The van der Waals surface area contributed by atoms with E-state index in [4.69, 9.17) is 16.3 Å². The van der Waals surface area contributed by atoms with E-state index in [1.165, 1.54) is 0 Å². The molecule has 2 aromatic carbocycles. The molecule has 0 spiro atoms. The van der Waals surface area contributed by atoms with Crippen LogP contribution in [0.1, 0.15) is 42.6 Å². The lowest BCUT2D eigenvalue weighted by Crippen LogP contribution is -2.50. The third-order valence-electron chi connectivity index (χ3n) is 7.90. The molecule has 0 saturated carbocycles. The Morgan fingerprint density at radius 1 is 1.18 bits per heavy atom. The molecule has 5 rings (SSSR count). The standard InChI is InChI=1S/C28H33ClN4O4S/c1-2-27(34)33-10-7-19(17-33)18-38(35,36)23-5-3-22(4-6-23)37-28-25-14-21(29)13-20(16-30)24(25)15-26(28)32-11-8-31-9-12-32/h3-6,13-14,19,26,28,31H,2,7-12,15,17-18H2,1H3/t19-,26-,28-/m0/s1. The van der Waals surface area contributed by atoms with Gasteiger partial charge in [0.1, 0.15) is 11.9 Å². The number of carbonyl (C=O) groups excluding carboxylic acids is 1. The predicted molar refractivity (Wildman–Crippen MR) is 145 cm³/mol. The number of sulfone groups is 1. The minimum absolute atomic E-state index is 0.0250. The Morgan fingerprint density at radius 3 is 2.61 bits per heavy atom. The Labute approximate surface area is 229 Å². The van der Waals surface area contributed by atoms with Gasteiger partial charge in [0.2, 0.25) is 5.91 Å². The van der Waals surface area contributed by atoms with E-state index in [0.29, 0.717) is 48.7 Å². The van der Waals surface area contributed by atoms with E-state index in [1.807, 2.05) is 13.0 Å². The second-order valence-electron chi connectivity index (χ2n) is 10.3. The molecule has 38 heavy (non-hydrogen) atoms. The number of amides is 1. The summed E-state index contributed by atoms with van der Waals surface area (Å²) < 4.78 is 32.7. The molecule has 1 aliphatic carbocycles. The third kappa shape index (κ3) is 5.55. The van der Waals surface area contributed by atoms with Gasteiger partial charge < -0.3 is 15.0 Å². The number of nitrogens with one attached hydrogen (secondary N) is 1. The number of benzene rings is 2. The zero-order valence-corrected chi connectivity index (χ0v) is 23.1. The maximum atomic E-state index is 13.1. The topological polar surface area (TPSA) is 103 Å². The summed E-state index contributed by atoms with van der Waals surface area (Å²) in [6.45, 7) is 6.49. The molecule has 1 N–H and O–H groups in total. The first-order valence-corrected chi connectivity index (χ1v) is 15.3. The molecule has 202 valence electrons. The van der Waals surface area contributed by atoms with E-state index in [-0.39, 0.29) is 34.6 Å². The van der Waals surface area contributed by atoms with Crippen LogP contribution in [0.5, 0.6) is 5.75 Å². The molecule has 8 nitrogen and oxygen atoms in total. The van der Waals surface area contributed by atoms with Crippen molar-refractivity contribution in [2.75, 3.05) is 45.0 Å². The number of fused-ring (bicyclic) bond motifs is 1. The summed E-state index contributed by atoms with van der Waals surface area (Å²) in [6.07, 6.45) is 1.52. The number of piperazine rings is 1. The minimum atomic E-state index is -3.50. The van der Waals surface area contributed by atoms with Gasteiger partial charge in [-0.1, -0.05) is 18.5 Å². The van der Waals surface area contributed by atoms with Crippen LogP contribution in [0.15, 0.2) is 41.3 Å². The Balaban J connectivity index is 1.34. The van der Waals surface area contributed by atoms with Crippen molar-refractivity contribution in [2.24, 2.45) is 5.92 Å². The van der Waals surface area contributed by atoms with Crippen LogP contribution < -0.4 is 10.1 Å². The van der Waals surface area contributed by atoms with Gasteiger partial charge in [0, 0.05) is 50.7 Å².